The molecule has 3 aromatic rings. The molecule has 1 aliphatic heterocycles. The molecule has 3 heterocycles. The number of fused-ring (bicyclic) bond motifs is 1. The Labute approximate surface area is 166 Å². The number of anilines is 1. The first kappa shape index (κ1) is 18.2. The number of rotatable bonds is 9. The number of nitriles is 1. The molecule has 9 nitrogen and oxygen atoms in total. The Hall–Kier alpha value is -3.16. The maximum Gasteiger partial charge on any atom is 0.248 e. The summed E-state index contributed by atoms with van der Waals surface area (Å²) in [5.74, 6) is 2.16. The van der Waals surface area contributed by atoms with Crippen LogP contribution in [-0.2, 0) is 6.54 Å². The van der Waals surface area contributed by atoms with E-state index in [0.717, 1.165) is 48.2 Å². The Bertz CT molecular complexity index is 951. The smallest absolute Gasteiger partial charge is 0.248 e. The van der Waals surface area contributed by atoms with Crippen LogP contribution in [0.2, 0.25) is 0 Å². The van der Waals surface area contributed by atoms with E-state index in [1.807, 2.05) is 23.1 Å². The van der Waals surface area contributed by atoms with Crippen LogP contribution >= 0.6 is 11.5 Å². The lowest BCUT2D eigenvalue weighted by molar-refractivity contribution is 0.174. The van der Waals surface area contributed by atoms with Gasteiger partial charge in [-0.15, -0.1) is 0 Å². The lowest BCUT2D eigenvalue weighted by atomic mass is 10.2. The lowest BCUT2D eigenvalue weighted by Crippen LogP contribution is -2.27. The highest BCUT2D eigenvalue weighted by Crippen LogP contribution is 2.32. The zero-order valence-electron chi connectivity index (χ0n) is 15.1. The van der Waals surface area contributed by atoms with Crippen LogP contribution in [0.1, 0.15) is 12.0 Å². The van der Waals surface area contributed by atoms with Crippen molar-refractivity contribution in [2.75, 3.05) is 31.3 Å². The molecule has 28 heavy (non-hydrogen) atoms. The third-order valence-electron chi connectivity index (χ3n) is 4.22. The highest BCUT2D eigenvalue weighted by atomic mass is 32.1. The number of aromatic nitrogens is 4. The Balaban J connectivity index is 1.26. The van der Waals surface area contributed by atoms with Crippen LogP contribution in [0.4, 0.5) is 5.13 Å². The number of nitrogens with one attached hydrogen (secondary N) is 1. The zero-order chi connectivity index (χ0) is 19.2. The van der Waals surface area contributed by atoms with Crippen molar-refractivity contribution < 1.29 is 9.47 Å². The van der Waals surface area contributed by atoms with E-state index in [2.05, 4.69) is 25.7 Å². The van der Waals surface area contributed by atoms with Crippen LogP contribution in [0.25, 0.3) is 5.95 Å². The van der Waals surface area contributed by atoms with Crippen molar-refractivity contribution in [2.24, 2.45) is 0 Å². The monoisotopic (exact) mass is 397 g/mol. The van der Waals surface area contributed by atoms with Gasteiger partial charge in [-0.2, -0.15) is 14.6 Å². The second-order valence-electron chi connectivity index (χ2n) is 6.14. The van der Waals surface area contributed by atoms with E-state index in [-0.39, 0.29) is 13.3 Å². The van der Waals surface area contributed by atoms with Crippen molar-refractivity contribution >= 4 is 16.7 Å². The van der Waals surface area contributed by atoms with Crippen LogP contribution < -0.4 is 19.7 Å². The molecule has 0 atom stereocenters. The van der Waals surface area contributed by atoms with Crippen LogP contribution in [-0.4, -0.2) is 45.3 Å². The fourth-order valence-corrected chi connectivity index (χ4v) is 3.52. The minimum Gasteiger partial charge on any atom is -0.454 e. The molecule has 0 saturated carbocycles. The third kappa shape index (κ3) is 4.21. The number of benzene rings is 1. The predicted molar refractivity (Wildman–Crippen MR) is 104 cm³/mol. The minimum absolute atomic E-state index is 0.278. The van der Waals surface area contributed by atoms with Crippen LogP contribution in [0, 0.1) is 11.3 Å². The molecule has 2 aromatic heterocycles. The summed E-state index contributed by atoms with van der Waals surface area (Å²) in [7, 11) is 0. The van der Waals surface area contributed by atoms with Gasteiger partial charge in [0.25, 0.3) is 0 Å². The molecule has 4 rings (SSSR count). The fourth-order valence-electron chi connectivity index (χ4n) is 2.83. The topological polar surface area (TPSA) is 101 Å². The molecular weight excluding hydrogens is 378 g/mol. The highest BCUT2D eigenvalue weighted by Gasteiger charge is 2.14. The largest absolute Gasteiger partial charge is 0.454 e. The molecule has 1 N–H and O–H groups in total. The van der Waals surface area contributed by atoms with Gasteiger partial charge >= 0.3 is 0 Å². The predicted octanol–water partition coefficient (Wildman–Crippen LogP) is 1.96. The van der Waals surface area contributed by atoms with E-state index < -0.39 is 0 Å². The summed E-state index contributed by atoms with van der Waals surface area (Å²) in [4.78, 5) is 10.5. The molecule has 1 aromatic carbocycles. The zero-order valence-corrected chi connectivity index (χ0v) is 15.9. The van der Waals surface area contributed by atoms with Crippen molar-refractivity contribution in [1.29, 1.82) is 5.26 Å². The Morgan fingerprint density at radius 3 is 3.11 bits per heavy atom. The first-order chi connectivity index (χ1) is 13.8. The SMILES string of the molecule is N#CCN(CCCNCc1ccc2c(c1)OCO2)c1nc(-n2ccnc2)ns1. The van der Waals surface area contributed by atoms with Crippen LogP contribution in [0.15, 0.2) is 36.9 Å². The molecule has 0 spiro atoms. The lowest BCUT2D eigenvalue weighted by Gasteiger charge is -2.17. The van der Waals surface area contributed by atoms with E-state index in [9.17, 15) is 0 Å². The standard InChI is InChI=1S/C18H19N7O2S/c19-4-8-24(18-22-17(23-28-18)25-9-6-21-12-25)7-1-5-20-11-14-2-3-15-16(10-14)27-13-26-15/h2-3,6,9-10,12,20H,1,5,7-8,11,13H2. The molecule has 144 valence electrons. The van der Waals surface area contributed by atoms with Gasteiger partial charge in [-0.25, -0.2) is 4.98 Å². The van der Waals surface area contributed by atoms with Gasteiger partial charge in [-0.1, -0.05) is 6.07 Å². The van der Waals surface area contributed by atoms with E-state index in [0.29, 0.717) is 5.95 Å². The van der Waals surface area contributed by atoms with Crippen LogP contribution in [0.3, 0.4) is 0 Å². The van der Waals surface area contributed by atoms with E-state index >= 15 is 0 Å². The van der Waals surface area contributed by atoms with Crippen molar-refractivity contribution in [1.82, 2.24) is 24.2 Å². The average molecular weight is 397 g/mol. The van der Waals surface area contributed by atoms with Gasteiger partial charge in [0.2, 0.25) is 17.9 Å². The normalized spacial score (nSPS) is 12.1. The molecule has 0 saturated heterocycles. The number of ether oxygens (including phenoxy) is 2. The van der Waals surface area contributed by atoms with Crippen molar-refractivity contribution in [3.05, 3.63) is 42.5 Å². The van der Waals surface area contributed by atoms with Gasteiger partial charge in [-0.05, 0) is 30.7 Å². The number of hydrogen-bond acceptors (Lipinski definition) is 9. The molecular formula is C18H19N7O2S. The molecule has 0 bridgehead atoms. The summed E-state index contributed by atoms with van der Waals surface area (Å²) in [6.45, 7) is 2.86. The summed E-state index contributed by atoms with van der Waals surface area (Å²) in [6.07, 6.45) is 6.01. The minimum atomic E-state index is 0.278. The maximum atomic E-state index is 9.13. The molecule has 0 unspecified atom stereocenters. The van der Waals surface area contributed by atoms with Crippen molar-refractivity contribution in [3.8, 4) is 23.5 Å². The molecule has 0 fully saturated rings. The van der Waals surface area contributed by atoms with Gasteiger partial charge in [0.15, 0.2) is 11.5 Å². The van der Waals surface area contributed by atoms with Gasteiger partial charge < -0.3 is 19.7 Å². The number of nitrogens with zero attached hydrogens (tertiary/aromatic N) is 6. The molecule has 10 heteroatoms. The molecule has 0 radical (unpaired) electrons. The number of hydrogen-bond donors (Lipinski definition) is 1. The second kappa shape index (κ2) is 8.69. The summed E-state index contributed by atoms with van der Waals surface area (Å²) in [5.41, 5.74) is 1.15. The van der Waals surface area contributed by atoms with E-state index in [1.54, 1.807) is 23.3 Å². The van der Waals surface area contributed by atoms with Crippen molar-refractivity contribution in [3.63, 3.8) is 0 Å². The Kier molecular flexibility index (Phi) is 5.65. The maximum absolute atomic E-state index is 9.13. The van der Waals surface area contributed by atoms with Crippen molar-refractivity contribution in [2.45, 2.75) is 13.0 Å². The first-order valence-electron chi connectivity index (χ1n) is 8.86. The molecule has 0 aliphatic carbocycles. The summed E-state index contributed by atoms with van der Waals surface area (Å²) in [5, 5.41) is 13.3. The van der Waals surface area contributed by atoms with E-state index in [1.165, 1.54) is 11.5 Å². The quantitative estimate of drug-likeness (QED) is 0.432. The third-order valence-corrected chi connectivity index (χ3v) is 4.99. The van der Waals surface area contributed by atoms with Gasteiger partial charge in [0, 0.05) is 37.0 Å². The second-order valence-corrected chi connectivity index (χ2v) is 6.87. The highest BCUT2D eigenvalue weighted by molar-refractivity contribution is 7.09. The molecule has 0 amide bonds. The van der Waals surface area contributed by atoms with Gasteiger partial charge in [0.1, 0.15) is 12.9 Å². The van der Waals surface area contributed by atoms with Gasteiger partial charge in [0.05, 0.1) is 6.07 Å². The summed E-state index contributed by atoms with van der Waals surface area (Å²) < 4.78 is 16.8. The summed E-state index contributed by atoms with van der Waals surface area (Å²) in [6, 6.07) is 8.16. The van der Waals surface area contributed by atoms with E-state index in [4.69, 9.17) is 14.7 Å². The Morgan fingerprint density at radius 1 is 1.32 bits per heavy atom. The average Bonchev–Trinajstić information content (AvgIpc) is 3.47. The molecule has 1 aliphatic rings. The summed E-state index contributed by atoms with van der Waals surface area (Å²) >= 11 is 1.29. The Morgan fingerprint density at radius 2 is 2.25 bits per heavy atom. The first-order valence-corrected chi connectivity index (χ1v) is 9.64. The fraction of sp³-hybridized carbons (Fsp3) is 0.333. The van der Waals surface area contributed by atoms with Crippen LogP contribution in [0.5, 0.6) is 11.5 Å². The number of imidazole rings is 1. The van der Waals surface area contributed by atoms with Gasteiger partial charge in [-0.3, -0.25) is 4.57 Å².